The number of benzene rings is 3. The quantitative estimate of drug-likeness (QED) is 0.0110. The number of rotatable bonds is 29. The van der Waals surface area contributed by atoms with Crippen molar-refractivity contribution in [2.24, 2.45) is 0 Å². The molecule has 0 spiro atoms. The molecule has 0 amide bonds. The second kappa shape index (κ2) is 32.6. The largest absolute Gasteiger partial charge is 0.524 e. The lowest BCUT2D eigenvalue weighted by Crippen LogP contribution is -2.19. The number of Topliss-reactive ketones (excluding diaryl/α,β-unsaturated/α-hetero) is 2. The van der Waals surface area contributed by atoms with E-state index >= 15 is 0 Å². The fraction of sp³-hybridized carbons (Fsp3) is 0.356. The predicted molar refractivity (Wildman–Crippen MR) is 250 cm³/mol. The number of hydrogen-bond acceptors (Lipinski definition) is 22. The zero-order chi connectivity index (χ0) is 53.6. The van der Waals surface area contributed by atoms with Gasteiger partial charge in [0.05, 0.1) is 64.7 Å². The third-order valence-corrected chi connectivity index (χ3v) is 11.8. The molecule has 3 rings (SSSR count). The van der Waals surface area contributed by atoms with Gasteiger partial charge in [0.25, 0.3) is 9.05 Å². The lowest BCUT2D eigenvalue weighted by atomic mass is 10.2. The highest BCUT2D eigenvalue weighted by atomic mass is 35.7. The summed E-state index contributed by atoms with van der Waals surface area (Å²) in [6.07, 6.45) is 0. The first-order valence-corrected chi connectivity index (χ1v) is 25.7. The molecule has 0 aliphatic heterocycles. The molecule has 390 valence electrons. The van der Waals surface area contributed by atoms with E-state index in [1.807, 2.05) is 6.92 Å². The molecule has 0 N–H and O–H groups in total. The van der Waals surface area contributed by atoms with E-state index in [1.165, 1.54) is 36.4 Å². The minimum atomic E-state index is -4.31. The first kappa shape index (κ1) is 62.8. The highest BCUT2D eigenvalue weighted by molar-refractivity contribution is 8.13. The Balaban J connectivity index is 0.000000667. The maximum Gasteiger partial charge on any atom is 0.524 e. The topological polar surface area (TPSA) is 297 Å². The molecular formula is C45H54ClO22S3+. The molecule has 0 aliphatic carbocycles. The minimum Gasteiger partial charge on any atom is -0.484 e. The number of ketones is 2. The van der Waals surface area contributed by atoms with Crippen LogP contribution in [0.2, 0.25) is 0 Å². The fourth-order valence-corrected chi connectivity index (χ4v) is 6.81. The van der Waals surface area contributed by atoms with Crippen LogP contribution in [0.3, 0.4) is 0 Å². The molecule has 0 aliphatic rings. The van der Waals surface area contributed by atoms with Crippen LogP contribution in [-0.4, -0.2) is 140 Å². The molecule has 0 heterocycles. The molecule has 0 saturated heterocycles. The van der Waals surface area contributed by atoms with Gasteiger partial charge < -0.3 is 46.3 Å². The zero-order valence-corrected chi connectivity index (χ0v) is 42.3. The van der Waals surface area contributed by atoms with Crippen molar-refractivity contribution in [3.8, 4) is 0 Å². The molecule has 0 atom stereocenters. The van der Waals surface area contributed by atoms with Crippen LogP contribution < -0.4 is 0 Å². The molecule has 0 aromatic heterocycles. The molecule has 3 aromatic rings. The first-order chi connectivity index (χ1) is 33.3. The molecule has 0 unspecified atom stereocenters. The van der Waals surface area contributed by atoms with Crippen LogP contribution in [0.5, 0.6) is 0 Å². The SMILES string of the molecule is C=C(OS(=O)(=O)c1ccc(C)cc1)C(=O)OCCOCCOCCOC(=C)C(=O)OS(=O)(=O)c1ccc(C)cc1.Cc1ccc(S(=O)(=O)Cl)cc1.[CH2+]C(=O)C(=O)OCCOCCOCCOC(=O)C(C)=O. The summed E-state index contributed by atoms with van der Waals surface area (Å²) in [6, 6.07) is 18.0. The van der Waals surface area contributed by atoms with E-state index in [4.69, 9.17) is 43.3 Å². The number of halogens is 1. The lowest BCUT2D eigenvalue weighted by molar-refractivity contribution is -0.154. The highest BCUT2D eigenvalue weighted by Gasteiger charge is 2.24. The number of esters is 3. The molecule has 0 saturated carbocycles. The van der Waals surface area contributed by atoms with Crippen molar-refractivity contribution in [1.29, 1.82) is 0 Å². The number of carbonyl (C=O) groups excluding carboxylic acids is 6. The Hall–Kier alpha value is -6.19. The smallest absolute Gasteiger partial charge is 0.484 e. The minimum absolute atomic E-state index is 0.0122. The van der Waals surface area contributed by atoms with Crippen LogP contribution in [0.4, 0.5) is 0 Å². The highest BCUT2D eigenvalue weighted by Crippen LogP contribution is 2.18. The Morgan fingerprint density at radius 1 is 0.437 bits per heavy atom. The van der Waals surface area contributed by atoms with Crippen LogP contribution in [0.25, 0.3) is 0 Å². The summed E-state index contributed by atoms with van der Waals surface area (Å²) in [5.41, 5.74) is 2.70. The summed E-state index contributed by atoms with van der Waals surface area (Å²) >= 11 is 0. The molecule has 0 bridgehead atoms. The van der Waals surface area contributed by atoms with Crippen molar-refractivity contribution in [2.45, 2.75) is 42.4 Å². The van der Waals surface area contributed by atoms with E-state index in [2.05, 4.69) is 33.7 Å². The lowest BCUT2D eigenvalue weighted by Gasteiger charge is -2.11. The van der Waals surface area contributed by atoms with Crippen molar-refractivity contribution in [3.63, 3.8) is 0 Å². The Bertz CT molecular complexity index is 2430. The summed E-state index contributed by atoms with van der Waals surface area (Å²) in [5, 5.41) is 0. The number of ether oxygens (including phenoxy) is 8. The van der Waals surface area contributed by atoms with Crippen LogP contribution in [-0.2, 0) is 104 Å². The van der Waals surface area contributed by atoms with Gasteiger partial charge in [-0.3, -0.25) is 4.79 Å². The van der Waals surface area contributed by atoms with E-state index in [0.717, 1.165) is 23.6 Å². The Morgan fingerprint density at radius 2 is 0.746 bits per heavy atom. The van der Waals surface area contributed by atoms with Crippen LogP contribution in [0.15, 0.2) is 112 Å². The second-order valence-electron chi connectivity index (χ2n) is 13.8. The number of hydrogen-bond donors (Lipinski definition) is 0. The third kappa shape index (κ3) is 27.7. The van der Waals surface area contributed by atoms with E-state index in [-0.39, 0.29) is 94.0 Å². The normalized spacial score (nSPS) is 10.9. The van der Waals surface area contributed by atoms with Gasteiger partial charge >= 0.3 is 49.9 Å². The third-order valence-electron chi connectivity index (χ3n) is 7.92. The monoisotopic (exact) mass is 1080 g/mol. The van der Waals surface area contributed by atoms with Gasteiger partial charge in [-0.15, -0.1) is 4.79 Å². The first-order valence-electron chi connectivity index (χ1n) is 20.5. The summed E-state index contributed by atoms with van der Waals surface area (Å²) in [6.45, 7) is 16.8. The van der Waals surface area contributed by atoms with Crippen molar-refractivity contribution in [3.05, 3.63) is 121 Å². The van der Waals surface area contributed by atoms with Gasteiger partial charge in [0, 0.05) is 17.6 Å². The molecular weight excluding hydrogens is 1020 g/mol. The van der Waals surface area contributed by atoms with Gasteiger partial charge in [0.1, 0.15) is 36.2 Å². The average molecular weight is 1080 g/mol. The van der Waals surface area contributed by atoms with Crippen LogP contribution in [0.1, 0.15) is 23.6 Å². The van der Waals surface area contributed by atoms with Crippen LogP contribution >= 0.6 is 10.7 Å². The number of carbonyl (C=O) groups is 6. The predicted octanol–water partition coefficient (Wildman–Crippen LogP) is 3.58. The Morgan fingerprint density at radius 3 is 1.10 bits per heavy atom. The van der Waals surface area contributed by atoms with Crippen molar-refractivity contribution >= 4 is 75.4 Å². The summed E-state index contributed by atoms with van der Waals surface area (Å²) in [7, 11) is -6.99. The van der Waals surface area contributed by atoms with E-state index in [9.17, 15) is 54.0 Å². The fourth-order valence-electron chi connectivity index (χ4n) is 4.29. The van der Waals surface area contributed by atoms with Crippen molar-refractivity contribution in [2.75, 3.05) is 79.3 Å². The standard InChI is InChI=1S/C26H30O12S2.C12H17O8.C7H7ClO2S/c1-19-5-9-23(10-6-19)39(29,30)37-22(4)25(27)36-18-16-34-14-13-33-15-17-35-21(3)26(28)38-40(31,32)24-11-7-20(2)8-12-24;1-9(13)11(15)19-7-5-17-3-4-18-6-8-20-12(16)10(2)14;1-6-2-4-7(5-3-6)11(8,9)10/h5-12H,3-4,13-18H2,1-2H3;1,3-8H2,2H3;2-5H,1H3/q;+1;. The van der Waals surface area contributed by atoms with E-state index in [0.29, 0.717) is 0 Å². The van der Waals surface area contributed by atoms with E-state index in [1.54, 1.807) is 50.2 Å². The van der Waals surface area contributed by atoms with E-state index < -0.39 is 76.2 Å². The van der Waals surface area contributed by atoms with Gasteiger partial charge in [-0.25, -0.2) is 27.6 Å². The van der Waals surface area contributed by atoms with Crippen molar-refractivity contribution < 1.29 is 100 Å². The van der Waals surface area contributed by atoms with Crippen molar-refractivity contribution in [1.82, 2.24) is 0 Å². The molecule has 22 nitrogen and oxygen atoms in total. The molecule has 3 aromatic carbocycles. The Kier molecular flexibility index (Phi) is 28.9. The maximum absolute atomic E-state index is 12.2. The van der Waals surface area contributed by atoms with Gasteiger partial charge in [0.2, 0.25) is 11.5 Å². The molecule has 0 radical (unpaired) electrons. The summed E-state index contributed by atoms with van der Waals surface area (Å²) in [5.74, 6) is -6.98. The second-order valence-corrected chi connectivity index (χ2v) is 19.4. The van der Waals surface area contributed by atoms with Gasteiger partial charge in [-0.1, -0.05) is 53.1 Å². The van der Waals surface area contributed by atoms with Gasteiger partial charge in [-0.05, 0) is 70.3 Å². The van der Waals surface area contributed by atoms with Crippen LogP contribution in [0, 0.1) is 27.7 Å². The molecule has 0 fully saturated rings. The van der Waals surface area contributed by atoms with Gasteiger partial charge in [-0.2, -0.15) is 16.8 Å². The Labute approximate surface area is 416 Å². The number of aryl methyl sites for hydroxylation is 3. The van der Waals surface area contributed by atoms with Gasteiger partial charge in [0.15, 0.2) is 5.76 Å². The summed E-state index contributed by atoms with van der Waals surface area (Å²) in [4.78, 5) is 66.0. The molecule has 26 heteroatoms. The maximum atomic E-state index is 12.2. The zero-order valence-electron chi connectivity index (χ0n) is 39.1. The summed E-state index contributed by atoms with van der Waals surface area (Å²) < 4.78 is 119. The average Bonchev–Trinajstić information content (AvgIpc) is 3.30. The molecule has 71 heavy (non-hydrogen) atoms.